The van der Waals surface area contributed by atoms with Gasteiger partial charge in [-0.05, 0) is 36.2 Å². The molecule has 0 spiro atoms. The summed E-state index contributed by atoms with van der Waals surface area (Å²) in [4.78, 5) is 4.17. The van der Waals surface area contributed by atoms with E-state index in [4.69, 9.17) is 17.3 Å². The van der Waals surface area contributed by atoms with Crippen molar-refractivity contribution in [3.63, 3.8) is 0 Å². The lowest BCUT2D eigenvalue weighted by molar-refractivity contribution is 1.09. The zero-order chi connectivity index (χ0) is 12.3. The van der Waals surface area contributed by atoms with E-state index in [1.807, 2.05) is 31.2 Å². The molecule has 0 radical (unpaired) electrons. The average molecular weight is 248 g/mol. The third-order valence-corrected chi connectivity index (χ3v) is 3.00. The third-order valence-electron chi connectivity index (χ3n) is 2.69. The molecule has 2 aromatic rings. The summed E-state index contributed by atoms with van der Waals surface area (Å²) in [5.74, 6) is 0.691. The maximum atomic E-state index is 6.01. The Morgan fingerprint density at radius 1 is 1.29 bits per heavy atom. The van der Waals surface area contributed by atoms with Crippen LogP contribution in [0.25, 0.3) is 0 Å². The molecule has 0 aliphatic carbocycles. The number of nitrogens with zero attached hydrogens (tertiary/aromatic N) is 1. The summed E-state index contributed by atoms with van der Waals surface area (Å²) in [6, 6.07) is 9.49. The van der Waals surface area contributed by atoms with Crippen LogP contribution in [0.4, 0.5) is 11.5 Å². The van der Waals surface area contributed by atoms with Crippen molar-refractivity contribution in [2.24, 2.45) is 0 Å². The number of rotatable bonds is 3. The molecule has 0 saturated heterocycles. The van der Waals surface area contributed by atoms with Gasteiger partial charge in [0.25, 0.3) is 0 Å². The fourth-order valence-corrected chi connectivity index (χ4v) is 1.78. The highest BCUT2D eigenvalue weighted by Gasteiger charge is 2.03. The number of nitrogens with one attached hydrogen (secondary N) is 1. The first-order valence-electron chi connectivity index (χ1n) is 5.37. The van der Waals surface area contributed by atoms with Gasteiger partial charge in [0, 0.05) is 18.4 Å². The zero-order valence-electron chi connectivity index (χ0n) is 9.57. The second-order valence-electron chi connectivity index (χ2n) is 3.82. The molecule has 0 bridgehead atoms. The van der Waals surface area contributed by atoms with Gasteiger partial charge >= 0.3 is 0 Å². The molecule has 3 nitrogen and oxygen atoms in total. The summed E-state index contributed by atoms with van der Waals surface area (Å²) in [7, 11) is 0. The molecule has 0 unspecified atom stereocenters. The van der Waals surface area contributed by atoms with Crippen LogP contribution in [-0.4, -0.2) is 4.98 Å². The molecule has 1 aromatic heterocycles. The molecule has 0 fully saturated rings. The maximum absolute atomic E-state index is 6.01. The van der Waals surface area contributed by atoms with Crippen LogP contribution in [0.15, 0.2) is 36.5 Å². The van der Waals surface area contributed by atoms with E-state index in [9.17, 15) is 0 Å². The van der Waals surface area contributed by atoms with Crippen molar-refractivity contribution in [2.45, 2.75) is 13.5 Å². The highest BCUT2D eigenvalue weighted by molar-refractivity contribution is 6.32. The van der Waals surface area contributed by atoms with Crippen molar-refractivity contribution in [3.05, 3.63) is 52.7 Å². The largest absolute Gasteiger partial charge is 0.399 e. The van der Waals surface area contributed by atoms with E-state index >= 15 is 0 Å². The summed E-state index contributed by atoms with van der Waals surface area (Å²) in [5, 5.41) is 3.82. The number of nitrogen functional groups attached to an aromatic ring is 1. The maximum Gasteiger partial charge on any atom is 0.145 e. The lowest BCUT2D eigenvalue weighted by atomic mass is 10.1. The van der Waals surface area contributed by atoms with Gasteiger partial charge in [-0.3, -0.25) is 0 Å². The second-order valence-corrected chi connectivity index (χ2v) is 4.23. The molecule has 88 valence electrons. The Kier molecular flexibility index (Phi) is 3.49. The van der Waals surface area contributed by atoms with Gasteiger partial charge in [0.15, 0.2) is 0 Å². The van der Waals surface area contributed by atoms with Crippen molar-refractivity contribution in [1.82, 2.24) is 4.98 Å². The van der Waals surface area contributed by atoms with Gasteiger partial charge in [0.2, 0.25) is 0 Å². The molecule has 0 atom stereocenters. The summed E-state index contributed by atoms with van der Waals surface area (Å²) < 4.78 is 0. The first-order valence-corrected chi connectivity index (χ1v) is 5.74. The first kappa shape index (κ1) is 11.7. The van der Waals surface area contributed by atoms with E-state index < -0.39 is 0 Å². The minimum absolute atomic E-state index is 0.619. The highest BCUT2D eigenvalue weighted by Crippen LogP contribution is 2.20. The van der Waals surface area contributed by atoms with Crippen molar-refractivity contribution >= 4 is 23.1 Å². The number of pyridine rings is 1. The lowest BCUT2D eigenvalue weighted by Crippen LogP contribution is -2.04. The SMILES string of the molecule is Cc1c(N)cccc1CNc1ncccc1Cl. The molecule has 3 N–H and O–H groups in total. The summed E-state index contributed by atoms with van der Waals surface area (Å²) in [6.45, 7) is 2.67. The molecule has 0 saturated carbocycles. The van der Waals surface area contributed by atoms with E-state index in [1.54, 1.807) is 12.3 Å². The van der Waals surface area contributed by atoms with Crippen LogP contribution in [0.3, 0.4) is 0 Å². The van der Waals surface area contributed by atoms with E-state index in [-0.39, 0.29) is 0 Å². The average Bonchev–Trinajstić information content (AvgIpc) is 2.33. The van der Waals surface area contributed by atoms with E-state index in [2.05, 4.69) is 10.3 Å². The second kappa shape index (κ2) is 5.06. The molecule has 0 aliphatic heterocycles. The fraction of sp³-hybridized carbons (Fsp3) is 0.154. The summed E-state index contributed by atoms with van der Waals surface area (Å²) in [5.41, 5.74) is 8.89. The van der Waals surface area contributed by atoms with E-state index in [1.165, 1.54) is 0 Å². The van der Waals surface area contributed by atoms with Crippen LogP contribution in [0.2, 0.25) is 5.02 Å². The minimum Gasteiger partial charge on any atom is -0.399 e. The number of benzene rings is 1. The standard InChI is InChI=1S/C13H14ClN3/c1-9-10(4-2-6-12(9)15)8-17-13-11(14)5-3-7-16-13/h2-7H,8,15H2,1H3,(H,16,17). The van der Waals surface area contributed by atoms with Crippen LogP contribution < -0.4 is 11.1 Å². The van der Waals surface area contributed by atoms with E-state index in [0.29, 0.717) is 17.4 Å². The predicted molar refractivity (Wildman–Crippen MR) is 72.2 cm³/mol. The molecule has 0 amide bonds. The third kappa shape index (κ3) is 2.68. The Bertz CT molecular complexity index is 526. The molecular formula is C13H14ClN3. The fourth-order valence-electron chi connectivity index (χ4n) is 1.59. The van der Waals surface area contributed by atoms with Gasteiger partial charge in [-0.15, -0.1) is 0 Å². The van der Waals surface area contributed by atoms with Gasteiger partial charge in [0.05, 0.1) is 5.02 Å². The van der Waals surface area contributed by atoms with Gasteiger partial charge in [-0.2, -0.15) is 0 Å². The Hall–Kier alpha value is -1.74. The van der Waals surface area contributed by atoms with Crippen molar-refractivity contribution < 1.29 is 0 Å². The van der Waals surface area contributed by atoms with Gasteiger partial charge in [0.1, 0.15) is 5.82 Å². The van der Waals surface area contributed by atoms with Crippen LogP contribution in [0.1, 0.15) is 11.1 Å². The van der Waals surface area contributed by atoms with Crippen molar-refractivity contribution in [3.8, 4) is 0 Å². The summed E-state index contributed by atoms with van der Waals surface area (Å²) in [6.07, 6.45) is 1.71. The molecule has 4 heteroatoms. The molecule has 1 heterocycles. The smallest absolute Gasteiger partial charge is 0.145 e. The molecule has 17 heavy (non-hydrogen) atoms. The van der Waals surface area contributed by atoms with Crippen LogP contribution in [0, 0.1) is 6.92 Å². The monoisotopic (exact) mass is 247 g/mol. The molecule has 0 aliphatic rings. The van der Waals surface area contributed by atoms with Crippen LogP contribution in [0.5, 0.6) is 0 Å². The minimum atomic E-state index is 0.619. The number of hydrogen-bond donors (Lipinski definition) is 2. The molecule has 1 aromatic carbocycles. The number of hydrogen-bond acceptors (Lipinski definition) is 3. The number of halogens is 1. The van der Waals surface area contributed by atoms with Crippen molar-refractivity contribution in [1.29, 1.82) is 0 Å². The Balaban J connectivity index is 2.13. The lowest BCUT2D eigenvalue weighted by Gasteiger charge is -2.10. The van der Waals surface area contributed by atoms with Gasteiger partial charge in [-0.1, -0.05) is 23.7 Å². The molecule has 2 rings (SSSR count). The Morgan fingerprint density at radius 3 is 2.88 bits per heavy atom. The normalized spacial score (nSPS) is 10.2. The zero-order valence-corrected chi connectivity index (χ0v) is 10.3. The first-order chi connectivity index (χ1) is 8.18. The number of aromatic nitrogens is 1. The molecular weight excluding hydrogens is 234 g/mol. The van der Waals surface area contributed by atoms with Crippen molar-refractivity contribution in [2.75, 3.05) is 11.1 Å². The number of nitrogens with two attached hydrogens (primary N) is 1. The number of anilines is 2. The van der Waals surface area contributed by atoms with Crippen LogP contribution in [-0.2, 0) is 6.54 Å². The van der Waals surface area contributed by atoms with Gasteiger partial charge in [-0.25, -0.2) is 4.98 Å². The topological polar surface area (TPSA) is 50.9 Å². The predicted octanol–water partition coefficient (Wildman–Crippen LogP) is 3.24. The quantitative estimate of drug-likeness (QED) is 0.819. The van der Waals surface area contributed by atoms with Gasteiger partial charge < -0.3 is 11.1 Å². The highest BCUT2D eigenvalue weighted by atomic mass is 35.5. The summed E-state index contributed by atoms with van der Waals surface area (Å²) >= 11 is 6.01. The Labute approximate surface area is 106 Å². The van der Waals surface area contributed by atoms with E-state index in [0.717, 1.165) is 16.8 Å². The van der Waals surface area contributed by atoms with Crippen LogP contribution >= 0.6 is 11.6 Å². The Morgan fingerprint density at radius 2 is 2.12 bits per heavy atom.